The van der Waals surface area contributed by atoms with Gasteiger partial charge in [0.05, 0.1) is 33.5 Å². The van der Waals surface area contributed by atoms with E-state index in [0.717, 1.165) is 33.8 Å². The number of para-hydroxylation sites is 3. The summed E-state index contributed by atoms with van der Waals surface area (Å²) in [6.07, 6.45) is 0. The van der Waals surface area contributed by atoms with Crippen molar-refractivity contribution in [3.63, 3.8) is 0 Å². The van der Waals surface area contributed by atoms with Crippen molar-refractivity contribution in [1.82, 2.24) is 14.1 Å². The van der Waals surface area contributed by atoms with Crippen LogP contribution >= 0.6 is 0 Å². The molecule has 0 radical (unpaired) electrons. The molecule has 1 aliphatic rings. The summed E-state index contributed by atoms with van der Waals surface area (Å²) in [7, 11) is 0. The lowest BCUT2D eigenvalue weighted by molar-refractivity contribution is 0.664. The van der Waals surface area contributed by atoms with Crippen molar-refractivity contribution in [3.05, 3.63) is 211 Å². The third-order valence-electron chi connectivity index (χ3n) is 12.7. The molecular formula is C56H39N3. The molecule has 0 atom stereocenters. The van der Waals surface area contributed by atoms with Crippen molar-refractivity contribution in [2.45, 2.75) is 19.3 Å². The fraction of sp³-hybridized carbons (Fsp3) is 0.0536. The molecule has 59 heavy (non-hydrogen) atoms. The van der Waals surface area contributed by atoms with Crippen molar-refractivity contribution >= 4 is 43.6 Å². The third kappa shape index (κ3) is 4.91. The highest BCUT2D eigenvalue weighted by Crippen LogP contribution is 2.58. The van der Waals surface area contributed by atoms with Crippen molar-refractivity contribution in [3.8, 4) is 56.1 Å². The molecule has 0 aliphatic heterocycles. The zero-order valence-corrected chi connectivity index (χ0v) is 32.9. The second-order valence-electron chi connectivity index (χ2n) is 16.3. The molecule has 3 aromatic heterocycles. The predicted molar refractivity (Wildman–Crippen MR) is 247 cm³/mol. The van der Waals surface area contributed by atoms with E-state index in [4.69, 9.17) is 4.98 Å². The fourth-order valence-electron chi connectivity index (χ4n) is 10.1. The summed E-state index contributed by atoms with van der Waals surface area (Å²) >= 11 is 0. The van der Waals surface area contributed by atoms with Gasteiger partial charge in [-0.2, -0.15) is 0 Å². The number of fused-ring (bicyclic) bond motifs is 12. The molecule has 0 saturated heterocycles. The molecule has 3 heteroatoms. The molecule has 1 aliphatic carbocycles. The van der Waals surface area contributed by atoms with Crippen LogP contribution in [-0.4, -0.2) is 14.1 Å². The van der Waals surface area contributed by atoms with E-state index in [2.05, 4.69) is 223 Å². The molecule has 0 spiro atoms. The lowest BCUT2D eigenvalue weighted by Gasteiger charge is -2.24. The summed E-state index contributed by atoms with van der Waals surface area (Å²) in [5.74, 6) is 0. The molecule has 0 fully saturated rings. The maximum absolute atomic E-state index is 5.26. The highest BCUT2D eigenvalue weighted by molar-refractivity contribution is 6.32. The number of pyridine rings is 1. The Hall–Kier alpha value is -7.49. The third-order valence-corrected chi connectivity index (χ3v) is 12.7. The van der Waals surface area contributed by atoms with Crippen LogP contribution in [0.1, 0.15) is 25.0 Å². The van der Waals surface area contributed by atoms with Gasteiger partial charge in [0.2, 0.25) is 0 Å². The summed E-state index contributed by atoms with van der Waals surface area (Å²) in [6, 6.07) is 72.5. The largest absolute Gasteiger partial charge is 0.309 e. The lowest BCUT2D eigenvalue weighted by Crippen LogP contribution is -2.16. The predicted octanol–water partition coefficient (Wildman–Crippen LogP) is 14.6. The summed E-state index contributed by atoms with van der Waals surface area (Å²) in [5.41, 5.74) is 18.8. The lowest BCUT2D eigenvalue weighted by atomic mass is 9.81. The number of aromatic nitrogens is 3. The molecule has 0 bridgehead atoms. The minimum atomic E-state index is -0.232. The van der Waals surface area contributed by atoms with Crippen LogP contribution in [0.25, 0.3) is 99.8 Å². The second kappa shape index (κ2) is 12.8. The number of hydrogen-bond acceptors (Lipinski definition) is 1. The van der Waals surface area contributed by atoms with Crippen molar-refractivity contribution < 1.29 is 0 Å². The first-order valence-electron chi connectivity index (χ1n) is 20.5. The molecular weight excluding hydrogens is 715 g/mol. The average molecular weight is 754 g/mol. The zero-order chi connectivity index (χ0) is 39.2. The van der Waals surface area contributed by atoms with E-state index in [0.29, 0.717) is 0 Å². The maximum atomic E-state index is 5.26. The van der Waals surface area contributed by atoms with Gasteiger partial charge in [0, 0.05) is 49.5 Å². The normalized spacial score (nSPS) is 13.1. The Kier molecular flexibility index (Phi) is 7.27. The first-order chi connectivity index (χ1) is 29.1. The van der Waals surface area contributed by atoms with Crippen LogP contribution in [0.3, 0.4) is 0 Å². The van der Waals surface area contributed by atoms with Crippen LogP contribution in [-0.2, 0) is 5.41 Å². The van der Waals surface area contributed by atoms with Gasteiger partial charge >= 0.3 is 0 Å². The Balaban J connectivity index is 1.17. The molecule has 0 saturated carbocycles. The van der Waals surface area contributed by atoms with Gasteiger partial charge in [-0.1, -0.05) is 166 Å². The second-order valence-corrected chi connectivity index (χ2v) is 16.3. The summed E-state index contributed by atoms with van der Waals surface area (Å²) in [6.45, 7) is 4.83. The van der Waals surface area contributed by atoms with Crippen LogP contribution in [0.2, 0.25) is 0 Å². The van der Waals surface area contributed by atoms with Crippen molar-refractivity contribution in [1.29, 1.82) is 0 Å². The standard InChI is InChI=1S/C56H39N3/c1-56(2)45-27-15-12-24-42(45)50-51-43-25-13-16-28-48(43)58(54(51)52-44-26-14-17-29-49(44)59(55(52)53(50)56)40-22-10-5-11-23-40)41-32-30-38(31-33-41)47-35-39(36-18-6-3-7-19-36)34-46(57-47)37-20-8-4-9-21-37/h3-35H,1-2H3. The summed E-state index contributed by atoms with van der Waals surface area (Å²) in [4.78, 5) is 5.26. The van der Waals surface area contributed by atoms with Crippen molar-refractivity contribution in [2.75, 3.05) is 0 Å². The Morgan fingerprint density at radius 2 is 0.898 bits per heavy atom. The quantitative estimate of drug-likeness (QED) is 0.172. The van der Waals surface area contributed by atoms with Gasteiger partial charge in [0.1, 0.15) is 0 Å². The number of nitrogens with zero attached hydrogens (tertiary/aromatic N) is 3. The number of rotatable bonds is 5. The van der Waals surface area contributed by atoms with Crippen LogP contribution in [0.5, 0.6) is 0 Å². The van der Waals surface area contributed by atoms with E-state index in [1.807, 2.05) is 0 Å². The summed E-state index contributed by atoms with van der Waals surface area (Å²) < 4.78 is 5.05. The van der Waals surface area contributed by atoms with Gasteiger partial charge in [-0.25, -0.2) is 4.98 Å². The highest BCUT2D eigenvalue weighted by atomic mass is 15.0. The molecule has 11 aromatic rings. The molecule has 278 valence electrons. The van der Waals surface area contributed by atoms with E-state index in [1.54, 1.807) is 0 Å². The molecule has 0 unspecified atom stereocenters. The molecule has 12 rings (SSSR count). The topological polar surface area (TPSA) is 22.8 Å². The minimum absolute atomic E-state index is 0.232. The smallest absolute Gasteiger partial charge is 0.0715 e. The van der Waals surface area contributed by atoms with E-state index in [-0.39, 0.29) is 5.41 Å². The van der Waals surface area contributed by atoms with Gasteiger partial charge < -0.3 is 9.13 Å². The number of hydrogen-bond donors (Lipinski definition) is 0. The highest BCUT2D eigenvalue weighted by Gasteiger charge is 2.41. The zero-order valence-electron chi connectivity index (χ0n) is 32.9. The van der Waals surface area contributed by atoms with E-state index in [1.165, 1.54) is 77.1 Å². The average Bonchev–Trinajstić information content (AvgIpc) is 3.90. The first-order valence-corrected chi connectivity index (χ1v) is 20.5. The maximum Gasteiger partial charge on any atom is 0.0715 e. The minimum Gasteiger partial charge on any atom is -0.309 e. The Morgan fingerprint density at radius 1 is 0.407 bits per heavy atom. The molecule has 0 amide bonds. The van der Waals surface area contributed by atoms with Gasteiger partial charge in [-0.15, -0.1) is 0 Å². The van der Waals surface area contributed by atoms with Gasteiger partial charge in [0.15, 0.2) is 0 Å². The first kappa shape index (κ1) is 33.6. The van der Waals surface area contributed by atoms with Crippen molar-refractivity contribution in [2.24, 2.45) is 0 Å². The van der Waals surface area contributed by atoms with Crippen LogP contribution < -0.4 is 0 Å². The molecule has 0 N–H and O–H groups in total. The van der Waals surface area contributed by atoms with Gasteiger partial charge in [-0.3, -0.25) is 0 Å². The Bertz CT molecular complexity index is 3370. The summed E-state index contributed by atoms with van der Waals surface area (Å²) in [5, 5.41) is 5.11. The van der Waals surface area contributed by atoms with E-state index < -0.39 is 0 Å². The van der Waals surface area contributed by atoms with Crippen LogP contribution in [0.15, 0.2) is 200 Å². The van der Waals surface area contributed by atoms with E-state index >= 15 is 0 Å². The van der Waals surface area contributed by atoms with Gasteiger partial charge in [-0.05, 0) is 81.9 Å². The monoisotopic (exact) mass is 753 g/mol. The van der Waals surface area contributed by atoms with Crippen LogP contribution in [0.4, 0.5) is 0 Å². The Morgan fingerprint density at radius 3 is 1.56 bits per heavy atom. The fourth-order valence-corrected chi connectivity index (χ4v) is 10.1. The van der Waals surface area contributed by atoms with E-state index in [9.17, 15) is 0 Å². The SMILES string of the molecule is CC1(C)c2ccccc2-c2c1c1c(c3ccccc3n1-c1ccccc1)c1c2c2ccccc2n1-c1ccc(-c2cc(-c3ccccc3)cc(-c3ccccc3)n2)cc1. The molecule has 8 aromatic carbocycles. The van der Waals surface area contributed by atoms with Gasteiger partial charge in [0.25, 0.3) is 0 Å². The van der Waals surface area contributed by atoms with Crippen LogP contribution in [0, 0.1) is 0 Å². The molecule has 3 heterocycles. The Labute approximate surface area is 343 Å². The number of benzene rings is 8. The molecule has 3 nitrogen and oxygen atoms in total.